The molecule has 8 nitrogen and oxygen atoms in total. The van der Waals surface area contributed by atoms with Crippen molar-refractivity contribution in [2.24, 2.45) is 0 Å². The van der Waals surface area contributed by atoms with Gasteiger partial charge in [0.05, 0.1) is 6.10 Å². The lowest BCUT2D eigenvalue weighted by molar-refractivity contribution is 0.0598. The van der Waals surface area contributed by atoms with Crippen molar-refractivity contribution in [2.45, 2.75) is 37.8 Å². The van der Waals surface area contributed by atoms with E-state index in [0.717, 1.165) is 25.7 Å². The molecule has 0 saturated heterocycles. The lowest BCUT2D eigenvalue weighted by atomic mass is 9.93. The van der Waals surface area contributed by atoms with E-state index < -0.39 is 0 Å². The highest BCUT2D eigenvalue weighted by Crippen LogP contribution is 2.21. The molecule has 0 aliphatic heterocycles. The number of nitrogens with one attached hydrogen (secondary N) is 1. The predicted molar refractivity (Wildman–Crippen MR) is 84.4 cm³/mol. The summed E-state index contributed by atoms with van der Waals surface area (Å²) >= 11 is 0. The third-order valence-corrected chi connectivity index (χ3v) is 4.14. The fourth-order valence-corrected chi connectivity index (χ4v) is 2.80. The maximum Gasteiger partial charge on any atom is 0.270 e. The van der Waals surface area contributed by atoms with Gasteiger partial charge in [-0.15, -0.1) is 0 Å². The van der Waals surface area contributed by atoms with Crippen molar-refractivity contribution < 1.29 is 9.53 Å². The Labute approximate surface area is 139 Å². The first-order chi connectivity index (χ1) is 11.7. The van der Waals surface area contributed by atoms with E-state index in [1.165, 1.54) is 12.4 Å². The van der Waals surface area contributed by atoms with Crippen LogP contribution in [0.1, 0.15) is 41.9 Å². The minimum absolute atomic E-state index is 0.0982. The van der Waals surface area contributed by atoms with E-state index in [1.807, 2.05) is 6.07 Å². The van der Waals surface area contributed by atoms with Crippen LogP contribution in [0.25, 0.3) is 5.95 Å². The number of hydrogen-bond acceptors (Lipinski definition) is 6. The second kappa shape index (κ2) is 7.19. The van der Waals surface area contributed by atoms with Crippen LogP contribution in [0.5, 0.6) is 0 Å². The Kier molecular flexibility index (Phi) is 4.82. The summed E-state index contributed by atoms with van der Waals surface area (Å²) in [6.07, 6.45) is 8.62. The van der Waals surface area contributed by atoms with Gasteiger partial charge in [-0.1, -0.05) is 0 Å². The van der Waals surface area contributed by atoms with Gasteiger partial charge in [-0.05, 0) is 25.7 Å². The highest BCUT2D eigenvalue weighted by atomic mass is 16.5. The molecule has 0 atom stereocenters. The highest BCUT2D eigenvalue weighted by molar-refractivity contribution is 5.92. The maximum atomic E-state index is 12.5. The van der Waals surface area contributed by atoms with Crippen LogP contribution in [0, 0.1) is 11.3 Å². The van der Waals surface area contributed by atoms with Crippen LogP contribution in [-0.4, -0.2) is 44.7 Å². The van der Waals surface area contributed by atoms with E-state index in [2.05, 4.69) is 20.3 Å². The van der Waals surface area contributed by atoms with E-state index in [9.17, 15) is 4.79 Å². The summed E-state index contributed by atoms with van der Waals surface area (Å²) in [5.74, 6) is -0.0454. The first kappa shape index (κ1) is 16.1. The largest absolute Gasteiger partial charge is 0.381 e. The molecule has 124 valence electrons. The van der Waals surface area contributed by atoms with Gasteiger partial charge in [0.1, 0.15) is 23.8 Å². The van der Waals surface area contributed by atoms with E-state index >= 15 is 0 Å². The SMILES string of the molecule is COC1CCC(NC(=O)c2cc(C#N)nc(-n3ccnc3)n2)CC1. The number of hydrogen-bond donors (Lipinski definition) is 1. The van der Waals surface area contributed by atoms with E-state index in [1.54, 1.807) is 24.1 Å². The maximum absolute atomic E-state index is 12.5. The molecular weight excluding hydrogens is 308 g/mol. The molecule has 0 bridgehead atoms. The number of methoxy groups -OCH3 is 1. The van der Waals surface area contributed by atoms with Crippen LogP contribution in [0.15, 0.2) is 24.8 Å². The van der Waals surface area contributed by atoms with Gasteiger partial charge in [-0.3, -0.25) is 9.36 Å². The second-order valence-electron chi connectivity index (χ2n) is 5.70. The minimum Gasteiger partial charge on any atom is -0.381 e. The van der Waals surface area contributed by atoms with E-state index in [0.29, 0.717) is 0 Å². The molecule has 1 aliphatic carbocycles. The molecule has 3 rings (SSSR count). The molecule has 0 aromatic carbocycles. The van der Waals surface area contributed by atoms with Crippen molar-refractivity contribution in [2.75, 3.05) is 7.11 Å². The van der Waals surface area contributed by atoms with Crippen molar-refractivity contribution in [3.8, 4) is 12.0 Å². The topological polar surface area (TPSA) is 106 Å². The minimum atomic E-state index is -0.295. The van der Waals surface area contributed by atoms with Gasteiger partial charge in [0, 0.05) is 31.6 Å². The number of nitriles is 1. The van der Waals surface area contributed by atoms with Gasteiger partial charge in [0.2, 0.25) is 5.95 Å². The standard InChI is InChI=1S/C16H18N6O2/c1-24-13-4-2-11(3-5-13)19-15(23)14-8-12(9-17)20-16(21-14)22-7-6-18-10-22/h6-8,10-11,13H,2-5H2,1H3,(H,19,23). The Hall–Kier alpha value is -2.79. The van der Waals surface area contributed by atoms with Crippen LogP contribution >= 0.6 is 0 Å². The van der Waals surface area contributed by atoms with Gasteiger partial charge in [-0.25, -0.2) is 15.0 Å². The van der Waals surface area contributed by atoms with Crippen molar-refractivity contribution >= 4 is 5.91 Å². The Morgan fingerprint density at radius 3 is 2.79 bits per heavy atom. The number of amides is 1. The first-order valence-electron chi connectivity index (χ1n) is 7.80. The van der Waals surface area contributed by atoms with E-state index in [-0.39, 0.29) is 35.4 Å². The summed E-state index contributed by atoms with van der Waals surface area (Å²) in [6.45, 7) is 0. The zero-order chi connectivity index (χ0) is 16.9. The summed E-state index contributed by atoms with van der Waals surface area (Å²) in [6, 6.07) is 3.46. The zero-order valence-corrected chi connectivity index (χ0v) is 13.3. The molecule has 0 spiro atoms. The molecular formula is C16H18N6O2. The normalized spacial score (nSPS) is 20.3. The van der Waals surface area contributed by atoms with Crippen molar-refractivity contribution in [1.29, 1.82) is 5.26 Å². The second-order valence-corrected chi connectivity index (χ2v) is 5.70. The van der Waals surface area contributed by atoms with Gasteiger partial charge in [0.25, 0.3) is 5.91 Å². The molecule has 0 unspecified atom stereocenters. The van der Waals surface area contributed by atoms with E-state index in [4.69, 9.17) is 10.00 Å². The number of rotatable bonds is 4. The van der Waals surface area contributed by atoms with Crippen LogP contribution < -0.4 is 5.32 Å². The van der Waals surface area contributed by atoms with Crippen LogP contribution in [0.3, 0.4) is 0 Å². The molecule has 1 fully saturated rings. The van der Waals surface area contributed by atoms with Crippen molar-refractivity contribution in [1.82, 2.24) is 24.8 Å². The average molecular weight is 326 g/mol. The van der Waals surface area contributed by atoms with Crippen LogP contribution in [-0.2, 0) is 4.74 Å². The number of nitrogens with zero attached hydrogens (tertiary/aromatic N) is 5. The summed E-state index contributed by atoms with van der Waals surface area (Å²) in [7, 11) is 1.71. The first-order valence-corrected chi connectivity index (χ1v) is 7.80. The average Bonchev–Trinajstić information content (AvgIpc) is 3.16. The number of ether oxygens (including phenoxy) is 1. The number of carbonyl (C=O) groups is 1. The van der Waals surface area contributed by atoms with Gasteiger partial charge >= 0.3 is 0 Å². The molecule has 2 aromatic heterocycles. The third-order valence-electron chi connectivity index (χ3n) is 4.14. The summed E-state index contributed by atoms with van der Waals surface area (Å²) in [5, 5.41) is 12.1. The summed E-state index contributed by atoms with van der Waals surface area (Å²) < 4.78 is 6.90. The lowest BCUT2D eigenvalue weighted by Gasteiger charge is -2.28. The number of aromatic nitrogens is 4. The summed E-state index contributed by atoms with van der Waals surface area (Å²) in [5.41, 5.74) is 0.320. The molecule has 8 heteroatoms. The molecule has 0 radical (unpaired) electrons. The molecule has 2 aromatic rings. The highest BCUT2D eigenvalue weighted by Gasteiger charge is 2.23. The Bertz CT molecular complexity index is 744. The molecule has 24 heavy (non-hydrogen) atoms. The molecule has 1 saturated carbocycles. The number of carbonyl (C=O) groups excluding carboxylic acids is 1. The van der Waals surface area contributed by atoms with Gasteiger partial charge in [0.15, 0.2) is 0 Å². The fourth-order valence-electron chi connectivity index (χ4n) is 2.80. The number of imidazole rings is 1. The predicted octanol–water partition coefficient (Wildman–Crippen LogP) is 1.22. The zero-order valence-electron chi connectivity index (χ0n) is 13.3. The van der Waals surface area contributed by atoms with Crippen LogP contribution in [0.4, 0.5) is 0 Å². The van der Waals surface area contributed by atoms with Gasteiger partial charge < -0.3 is 10.1 Å². The van der Waals surface area contributed by atoms with Crippen molar-refractivity contribution in [3.63, 3.8) is 0 Å². The molecule has 2 heterocycles. The molecule has 1 aliphatic rings. The quantitative estimate of drug-likeness (QED) is 0.905. The lowest BCUT2D eigenvalue weighted by Crippen LogP contribution is -2.39. The van der Waals surface area contributed by atoms with Gasteiger partial charge in [-0.2, -0.15) is 5.26 Å². The smallest absolute Gasteiger partial charge is 0.270 e. The Morgan fingerprint density at radius 2 is 2.17 bits per heavy atom. The van der Waals surface area contributed by atoms with Crippen molar-refractivity contribution in [3.05, 3.63) is 36.2 Å². The third kappa shape index (κ3) is 3.58. The molecule has 1 amide bonds. The Morgan fingerprint density at radius 1 is 1.38 bits per heavy atom. The fraction of sp³-hybridized carbons (Fsp3) is 0.438. The summed E-state index contributed by atoms with van der Waals surface area (Å²) in [4.78, 5) is 24.8. The Balaban J connectivity index is 1.75. The van der Waals surface area contributed by atoms with Crippen LogP contribution in [0.2, 0.25) is 0 Å². The monoisotopic (exact) mass is 326 g/mol. The molecule has 1 N–H and O–H groups in total.